The molecule has 0 aliphatic heterocycles. The predicted molar refractivity (Wildman–Crippen MR) is 83.8 cm³/mol. The van der Waals surface area contributed by atoms with Crippen LogP contribution in [-0.4, -0.2) is 31.7 Å². The van der Waals surface area contributed by atoms with Crippen molar-refractivity contribution >= 4 is 5.91 Å². The topological polar surface area (TPSA) is 73.6 Å². The van der Waals surface area contributed by atoms with E-state index in [2.05, 4.69) is 12.2 Å². The Bertz CT molecular complexity index is 449. The largest absolute Gasteiger partial charge is 0.493 e. The Balaban J connectivity index is 2.86. The number of ether oxygens (including phenoxy) is 2. The van der Waals surface area contributed by atoms with Crippen LogP contribution in [0.2, 0.25) is 0 Å². The number of nitrogens with two attached hydrogens (primary N) is 1. The number of carbonyl (C=O) groups excluding carboxylic acids is 1. The van der Waals surface area contributed by atoms with Crippen molar-refractivity contribution in [3.63, 3.8) is 0 Å². The summed E-state index contributed by atoms with van der Waals surface area (Å²) >= 11 is 0. The molecule has 0 spiro atoms. The van der Waals surface area contributed by atoms with Crippen molar-refractivity contribution < 1.29 is 14.3 Å². The van der Waals surface area contributed by atoms with Gasteiger partial charge in [0.25, 0.3) is 5.91 Å². The number of hydrogen-bond acceptors (Lipinski definition) is 4. The normalized spacial score (nSPS) is 11.8. The third-order valence-electron chi connectivity index (χ3n) is 2.95. The maximum Gasteiger partial charge on any atom is 0.260 e. The molecule has 0 aliphatic rings. The number of hydrogen-bond donors (Lipinski definition) is 2. The summed E-state index contributed by atoms with van der Waals surface area (Å²) in [6, 6.07) is 5.68. The third-order valence-corrected chi connectivity index (χ3v) is 2.95. The van der Waals surface area contributed by atoms with Crippen LogP contribution in [0, 0.1) is 0 Å². The third kappa shape index (κ3) is 5.63. The number of nitrogens with one attached hydrogen (secondary N) is 1. The van der Waals surface area contributed by atoms with Crippen LogP contribution in [0.25, 0.3) is 0 Å². The molecule has 3 N–H and O–H groups in total. The summed E-state index contributed by atoms with van der Waals surface area (Å²) in [6.45, 7) is 7.43. The van der Waals surface area contributed by atoms with E-state index in [1.54, 1.807) is 6.92 Å². The van der Waals surface area contributed by atoms with Gasteiger partial charge in [-0.15, -0.1) is 0 Å². The lowest BCUT2D eigenvalue weighted by Crippen LogP contribution is -2.36. The molecule has 1 rings (SSSR count). The second kappa shape index (κ2) is 9.23. The molecule has 0 heterocycles. The Hall–Kier alpha value is -1.75. The highest BCUT2D eigenvalue weighted by Gasteiger charge is 2.16. The molecule has 0 aromatic heterocycles. The van der Waals surface area contributed by atoms with Crippen molar-refractivity contribution in [3.8, 4) is 11.5 Å². The SMILES string of the molecule is CCCOc1ccc(CCN)c(OC(C)C(=O)NCC)c1. The van der Waals surface area contributed by atoms with Crippen molar-refractivity contribution in [1.82, 2.24) is 5.32 Å². The zero-order valence-electron chi connectivity index (χ0n) is 13.1. The number of amides is 1. The summed E-state index contributed by atoms with van der Waals surface area (Å²) in [4.78, 5) is 11.8. The lowest BCUT2D eigenvalue weighted by molar-refractivity contribution is -0.127. The Morgan fingerprint density at radius 2 is 2.14 bits per heavy atom. The number of rotatable bonds is 9. The zero-order valence-corrected chi connectivity index (χ0v) is 13.1. The second-order valence-corrected chi connectivity index (χ2v) is 4.81. The van der Waals surface area contributed by atoms with Gasteiger partial charge in [0.15, 0.2) is 6.10 Å². The van der Waals surface area contributed by atoms with E-state index in [1.165, 1.54) is 0 Å². The minimum atomic E-state index is -0.553. The lowest BCUT2D eigenvalue weighted by Gasteiger charge is -2.18. The van der Waals surface area contributed by atoms with Gasteiger partial charge in [0.1, 0.15) is 11.5 Å². The Morgan fingerprint density at radius 1 is 1.38 bits per heavy atom. The van der Waals surface area contributed by atoms with Crippen LogP contribution in [-0.2, 0) is 11.2 Å². The van der Waals surface area contributed by atoms with Gasteiger partial charge in [-0.3, -0.25) is 4.79 Å². The molecule has 0 aliphatic carbocycles. The van der Waals surface area contributed by atoms with Crippen molar-refractivity contribution in [3.05, 3.63) is 23.8 Å². The predicted octanol–water partition coefficient (Wildman–Crippen LogP) is 1.88. The molecule has 5 nitrogen and oxygen atoms in total. The van der Waals surface area contributed by atoms with E-state index in [0.29, 0.717) is 31.9 Å². The molecule has 1 atom stereocenters. The summed E-state index contributed by atoms with van der Waals surface area (Å²) in [6.07, 6.45) is 1.09. The molecule has 21 heavy (non-hydrogen) atoms. The van der Waals surface area contributed by atoms with Crippen LogP contribution in [0.15, 0.2) is 18.2 Å². The van der Waals surface area contributed by atoms with Gasteiger partial charge in [0, 0.05) is 12.6 Å². The molecule has 0 radical (unpaired) electrons. The quantitative estimate of drug-likeness (QED) is 0.729. The van der Waals surface area contributed by atoms with E-state index in [4.69, 9.17) is 15.2 Å². The van der Waals surface area contributed by atoms with E-state index in [-0.39, 0.29) is 5.91 Å². The molecule has 0 fully saturated rings. The van der Waals surface area contributed by atoms with Crippen LogP contribution in [0.1, 0.15) is 32.8 Å². The summed E-state index contributed by atoms with van der Waals surface area (Å²) in [5.41, 5.74) is 6.60. The first-order chi connectivity index (χ1) is 10.1. The molecular weight excluding hydrogens is 268 g/mol. The van der Waals surface area contributed by atoms with Crippen LogP contribution in [0.3, 0.4) is 0 Å². The first-order valence-electron chi connectivity index (χ1n) is 7.52. The molecule has 0 bridgehead atoms. The van der Waals surface area contributed by atoms with Crippen molar-refractivity contribution in [2.45, 2.75) is 39.7 Å². The average Bonchev–Trinajstić information content (AvgIpc) is 2.47. The smallest absolute Gasteiger partial charge is 0.260 e. The lowest BCUT2D eigenvalue weighted by atomic mass is 10.1. The molecule has 0 saturated heterocycles. The minimum Gasteiger partial charge on any atom is -0.493 e. The van der Waals surface area contributed by atoms with Crippen LogP contribution in [0.5, 0.6) is 11.5 Å². The Labute approximate surface area is 126 Å². The summed E-state index contributed by atoms with van der Waals surface area (Å²) < 4.78 is 11.4. The standard InChI is InChI=1S/C16H26N2O3/c1-4-10-20-14-7-6-13(8-9-17)15(11-14)21-12(3)16(19)18-5-2/h6-7,11-12H,4-5,8-10,17H2,1-3H3,(H,18,19). The first-order valence-corrected chi connectivity index (χ1v) is 7.52. The van der Waals surface area contributed by atoms with Gasteiger partial charge in [0.05, 0.1) is 6.61 Å². The first kappa shape index (κ1) is 17.3. The minimum absolute atomic E-state index is 0.129. The molecule has 1 amide bonds. The zero-order chi connectivity index (χ0) is 15.7. The Kier molecular flexibility index (Phi) is 7.61. The van der Waals surface area contributed by atoms with E-state index >= 15 is 0 Å². The van der Waals surface area contributed by atoms with Gasteiger partial charge in [0.2, 0.25) is 0 Å². The average molecular weight is 294 g/mol. The number of likely N-dealkylation sites (N-methyl/N-ethyl adjacent to an activating group) is 1. The highest BCUT2D eigenvalue weighted by molar-refractivity contribution is 5.80. The van der Waals surface area contributed by atoms with Crippen LogP contribution >= 0.6 is 0 Å². The molecule has 0 saturated carbocycles. The second-order valence-electron chi connectivity index (χ2n) is 4.81. The maximum atomic E-state index is 11.8. The highest BCUT2D eigenvalue weighted by atomic mass is 16.5. The fourth-order valence-corrected chi connectivity index (χ4v) is 1.88. The molecule has 1 aromatic carbocycles. The summed E-state index contributed by atoms with van der Waals surface area (Å²) in [7, 11) is 0. The molecule has 5 heteroatoms. The fourth-order valence-electron chi connectivity index (χ4n) is 1.88. The summed E-state index contributed by atoms with van der Waals surface area (Å²) in [5, 5.41) is 2.75. The van der Waals surface area contributed by atoms with Gasteiger partial charge in [-0.2, -0.15) is 0 Å². The highest BCUT2D eigenvalue weighted by Crippen LogP contribution is 2.26. The van der Waals surface area contributed by atoms with Crippen molar-refractivity contribution in [1.29, 1.82) is 0 Å². The molecule has 118 valence electrons. The maximum absolute atomic E-state index is 11.8. The van der Waals surface area contributed by atoms with E-state index in [1.807, 2.05) is 25.1 Å². The van der Waals surface area contributed by atoms with Gasteiger partial charge in [-0.25, -0.2) is 0 Å². The van der Waals surface area contributed by atoms with Crippen LogP contribution in [0.4, 0.5) is 0 Å². The molecule has 1 unspecified atom stereocenters. The van der Waals surface area contributed by atoms with E-state index < -0.39 is 6.10 Å². The Morgan fingerprint density at radius 3 is 2.76 bits per heavy atom. The molecule has 1 aromatic rings. The number of benzene rings is 1. The van der Waals surface area contributed by atoms with Crippen molar-refractivity contribution in [2.75, 3.05) is 19.7 Å². The van der Waals surface area contributed by atoms with Crippen LogP contribution < -0.4 is 20.5 Å². The van der Waals surface area contributed by atoms with Gasteiger partial charge in [-0.05, 0) is 44.9 Å². The van der Waals surface area contributed by atoms with Gasteiger partial charge >= 0.3 is 0 Å². The van der Waals surface area contributed by atoms with E-state index in [0.717, 1.165) is 17.7 Å². The number of carbonyl (C=O) groups is 1. The van der Waals surface area contributed by atoms with Gasteiger partial charge in [-0.1, -0.05) is 13.0 Å². The molecular formula is C16H26N2O3. The monoisotopic (exact) mass is 294 g/mol. The van der Waals surface area contributed by atoms with E-state index in [9.17, 15) is 4.79 Å². The van der Waals surface area contributed by atoms with Gasteiger partial charge < -0.3 is 20.5 Å². The van der Waals surface area contributed by atoms with Crippen molar-refractivity contribution in [2.24, 2.45) is 5.73 Å². The summed E-state index contributed by atoms with van der Waals surface area (Å²) in [5.74, 6) is 1.28. The fraction of sp³-hybridized carbons (Fsp3) is 0.562.